The number of hydrogen-bond donors (Lipinski definition) is 4. The number of aliphatic hydroxyl groups excluding tert-OH is 1. The molecule has 0 aliphatic carbocycles. The summed E-state index contributed by atoms with van der Waals surface area (Å²) in [7, 11) is 1.87. The Bertz CT molecular complexity index is 834. The summed E-state index contributed by atoms with van der Waals surface area (Å²) in [5, 5.41) is 34.5. The molecule has 9 heteroatoms. The number of hydrogen-bond acceptors (Lipinski definition) is 9. The Morgan fingerprint density at radius 1 is 1.18 bits per heavy atom. The summed E-state index contributed by atoms with van der Waals surface area (Å²) in [6, 6.07) is -0.538. The van der Waals surface area contributed by atoms with Gasteiger partial charge in [0.15, 0.2) is 6.29 Å². The number of carbonyl (C=O) groups excluding carboxylic acids is 1. The maximum Gasteiger partial charge on any atom is 0.310 e. The monoisotopic (exact) mass is 554 g/mol. The van der Waals surface area contributed by atoms with E-state index in [1.54, 1.807) is 20.8 Å². The molecule has 0 radical (unpaired) electrons. The SMILES string of the molecule is C#CC1[C@@H](C)C(=O)O[C@H](CC)[C@@](C)(O)[C@H](O)[C@@H](C)N(C)C[C@H](C)C[C@@](C)(O)[C@H](O[C@H]2C[C@@H](N)C[C@@H](C)O2)[C@H]1C. The molecule has 2 aliphatic rings. The van der Waals surface area contributed by atoms with Crippen LogP contribution in [0.1, 0.15) is 81.1 Å². The Balaban J connectivity index is 2.53. The third-order valence-electron chi connectivity index (χ3n) is 8.97. The highest BCUT2D eigenvalue weighted by molar-refractivity contribution is 5.73. The van der Waals surface area contributed by atoms with Gasteiger partial charge in [-0.05, 0) is 65.8 Å². The fourth-order valence-corrected chi connectivity index (χ4v) is 6.64. The van der Waals surface area contributed by atoms with Crippen LogP contribution in [-0.4, -0.2) is 93.8 Å². The molecule has 0 bridgehead atoms. The van der Waals surface area contributed by atoms with Crippen LogP contribution >= 0.6 is 0 Å². The van der Waals surface area contributed by atoms with E-state index in [4.69, 9.17) is 26.4 Å². The second kappa shape index (κ2) is 13.6. The van der Waals surface area contributed by atoms with Crippen LogP contribution in [0.5, 0.6) is 0 Å². The molecule has 226 valence electrons. The summed E-state index contributed by atoms with van der Waals surface area (Å²) in [5.41, 5.74) is 3.23. The number of cyclic esters (lactones) is 1. The van der Waals surface area contributed by atoms with E-state index in [1.807, 2.05) is 39.6 Å². The molecule has 2 aliphatic heterocycles. The number of nitrogens with two attached hydrogens (primary N) is 1. The van der Waals surface area contributed by atoms with Gasteiger partial charge in [0, 0.05) is 31.0 Å². The van der Waals surface area contributed by atoms with Gasteiger partial charge in [-0.15, -0.1) is 12.3 Å². The summed E-state index contributed by atoms with van der Waals surface area (Å²) < 4.78 is 18.4. The molecule has 2 rings (SSSR count). The second-order valence-electron chi connectivity index (χ2n) is 12.9. The Labute approximate surface area is 235 Å². The smallest absolute Gasteiger partial charge is 0.310 e. The van der Waals surface area contributed by atoms with Crippen LogP contribution in [0.2, 0.25) is 0 Å². The Kier molecular flexibility index (Phi) is 11.8. The third kappa shape index (κ3) is 8.16. The van der Waals surface area contributed by atoms with E-state index >= 15 is 0 Å². The zero-order valence-electron chi connectivity index (χ0n) is 25.5. The van der Waals surface area contributed by atoms with E-state index in [0.29, 0.717) is 25.8 Å². The number of ether oxygens (including phenoxy) is 3. The molecule has 9 nitrogen and oxygen atoms in total. The van der Waals surface area contributed by atoms with Crippen LogP contribution in [0.4, 0.5) is 0 Å². The average Bonchev–Trinajstić information content (AvgIpc) is 2.82. The van der Waals surface area contributed by atoms with Crippen molar-refractivity contribution < 1.29 is 34.3 Å². The highest BCUT2D eigenvalue weighted by Gasteiger charge is 2.48. The van der Waals surface area contributed by atoms with Crippen molar-refractivity contribution in [2.24, 2.45) is 29.4 Å². The average molecular weight is 555 g/mol. The molecular weight excluding hydrogens is 500 g/mol. The lowest BCUT2D eigenvalue weighted by Crippen LogP contribution is -2.59. The normalized spacial score (nSPS) is 47.9. The van der Waals surface area contributed by atoms with Crippen LogP contribution in [-0.2, 0) is 19.0 Å². The highest BCUT2D eigenvalue weighted by Crippen LogP contribution is 2.38. The zero-order valence-corrected chi connectivity index (χ0v) is 25.5. The Morgan fingerprint density at radius 3 is 2.33 bits per heavy atom. The van der Waals surface area contributed by atoms with Gasteiger partial charge in [0.1, 0.15) is 17.8 Å². The van der Waals surface area contributed by atoms with E-state index in [9.17, 15) is 20.1 Å². The van der Waals surface area contributed by atoms with Crippen molar-refractivity contribution in [3.05, 3.63) is 0 Å². The van der Waals surface area contributed by atoms with Crippen molar-refractivity contribution in [2.75, 3.05) is 13.6 Å². The molecule has 0 aromatic heterocycles. The second-order valence-corrected chi connectivity index (χ2v) is 12.9. The maximum absolute atomic E-state index is 13.4. The van der Waals surface area contributed by atoms with Gasteiger partial charge in [0.25, 0.3) is 0 Å². The van der Waals surface area contributed by atoms with Crippen molar-refractivity contribution >= 4 is 5.97 Å². The molecule has 39 heavy (non-hydrogen) atoms. The molecule has 1 unspecified atom stereocenters. The topological polar surface area (TPSA) is 135 Å². The molecule has 2 fully saturated rings. The number of esters is 1. The molecule has 0 aromatic carbocycles. The third-order valence-corrected chi connectivity index (χ3v) is 8.97. The summed E-state index contributed by atoms with van der Waals surface area (Å²) >= 11 is 0. The lowest BCUT2D eigenvalue weighted by atomic mass is 9.74. The number of carbonyl (C=O) groups is 1. The zero-order chi connectivity index (χ0) is 29.9. The van der Waals surface area contributed by atoms with Gasteiger partial charge in [0.2, 0.25) is 0 Å². The largest absolute Gasteiger partial charge is 0.459 e. The van der Waals surface area contributed by atoms with E-state index in [-0.39, 0.29) is 18.1 Å². The van der Waals surface area contributed by atoms with E-state index in [0.717, 1.165) is 6.42 Å². The summed E-state index contributed by atoms with van der Waals surface area (Å²) in [6.45, 7) is 15.0. The minimum Gasteiger partial charge on any atom is -0.459 e. The van der Waals surface area contributed by atoms with Crippen LogP contribution in [0, 0.1) is 36.0 Å². The molecular formula is C30H54N2O7. The number of rotatable bonds is 3. The molecule has 13 atom stereocenters. The van der Waals surface area contributed by atoms with Gasteiger partial charge in [-0.3, -0.25) is 4.79 Å². The first kappa shape index (κ1) is 34.0. The van der Waals surface area contributed by atoms with E-state index in [1.165, 1.54) is 6.92 Å². The van der Waals surface area contributed by atoms with Gasteiger partial charge >= 0.3 is 5.97 Å². The van der Waals surface area contributed by atoms with E-state index in [2.05, 4.69) is 5.92 Å². The highest BCUT2D eigenvalue weighted by atomic mass is 16.7. The number of likely N-dealkylation sites (N-methyl/N-ethyl adjacent to an activating group) is 1. The minimum absolute atomic E-state index is 0.0111. The van der Waals surface area contributed by atoms with Gasteiger partial charge in [-0.1, -0.05) is 27.7 Å². The molecule has 5 N–H and O–H groups in total. The predicted molar refractivity (Wildman–Crippen MR) is 150 cm³/mol. The summed E-state index contributed by atoms with van der Waals surface area (Å²) in [6.07, 6.45) is 4.30. The molecule has 0 spiro atoms. The molecule has 2 heterocycles. The molecule has 0 amide bonds. The first-order chi connectivity index (χ1) is 18.0. The van der Waals surface area contributed by atoms with Crippen molar-refractivity contribution in [1.29, 1.82) is 0 Å². The van der Waals surface area contributed by atoms with Gasteiger partial charge < -0.3 is 40.2 Å². The number of aliphatic hydroxyl groups is 3. The first-order valence-corrected chi connectivity index (χ1v) is 14.5. The molecule has 0 saturated carbocycles. The number of nitrogens with zero attached hydrogens (tertiary/aromatic N) is 1. The van der Waals surface area contributed by atoms with Crippen molar-refractivity contribution in [3.8, 4) is 12.3 Å². The fourth-order valence-electron chi connectivity index (χ4n) is 6.64. The van der Waals surface area contributed by atoms with Gasteiger partial charge in [0.05, 0.1) is 23.7 Å². The van der Waals surface area contributed by atoms with E-state index < -0.39 is 65.6 Å². The van der Waals surface area contributed by atoms with Crippen LogP contribution in [0.15, 0.2) is 0 Å². The minimum atomic E-state index is -1.69. The van der Waals surface area contributed by atoms with Crippen molar-refractivity contribution in [2.45, 2.75) is 135 Å². The lowest BCUT2D eigenvalue weighted by Gasteiger charge is -2.44. The quantitative estimate of drug-likeness (QED) is 0.306. The maximum atomic E-state index is 13.4. The number of terminal acetylenes is 1. The molecule has 0 aromatic rings. The lowest BCUT2D eigenvalue weighted by molar-refractivity contribution is -0.258. The van der Waals surface area contributed by atoms with Crippen molar-refractivity contribution in [1.82, 2.24) is 4.90 Å². The molecule has 2 saturated heterocycles. The summed E-state index contributed by atoms with van der Waals surface area (Å²) in [5.74, 6) is 0.321. The first-order valence-electron chi connectivity index (χ1n) is 14.5. The van der Waals surface area contributed by atoms with Crippen LogP contribution < -0.4 is 5.73 Å². The van der Waals surface area contributed by atoms with Crippen LogP contribution in [0.25, 0.3) is 0 Å². The van der Waals surface area contributed by atoms with Gasteiger partial charge in [-0.2, -0.15) is 0 Å². The van der Waals surface area contributed by atoms with Gasteiger partial charge in [-0.25, -0.2) is 0 Å². The summed E-state index contributed by atoms with van der Waals surface area (Å²) in [4.78, 5) is 15.4. The standard InChI is InChI=1S/C30H54N2O7/c1-11-23-19(5)27(39-25-14-22(31)13-18(4)37-25)29(8,35)15-17(3)16-32(10)21(7)26(33)30(9,36)24(12-2)38-28(34)20(23)6/h1,17-27,33,35-36H,12-16,31H2,2-10H3/t17-,18-,19+,20-,21-,22+,23?,24-,25+,26-,27-,29-,30-/m1/s1. The fraction of sp³-hybridized carbons (Fsp3) is 0.900. The predicted octanol–water partition coefficient (Wildman–Crippen LogP) is 2.29. The van der Waals surface area contributed by atoms with Crippen LogP contribution in [0.3, 0.4) is 0 Å². The Hall–Kier alpha value is -1.25. The Morgan fingerprint density at radius 2 is 1.79 bits per heavy atom. The van der Waals surface area contributed by atoms with Crippen molar-refractivity contribution in [3.63, 3.8) is 0 Å².